The Kier molecular flexibility index (Phi) is 6.98. The average molecular weight is 410 g/mol. The monoisotopic (exact) mass is 410 g/mol. The van der Waals surface area contributed by atoms with Crippen molar-refractivity contribution in [3.05, 3.63) is 52.2 Å². The zero-order valence-corrected chi connectivity index (χ0v) is 16.9. The van der Waals surface area contributed by atoms with E-state index in [-0.39, 0.29) is 12.0 Å². The number of thiophene rings is 1. The van der Waals surface area contributed by atoms with Crippen molar-refractivity contribution in [3.8, 4) is 6.07 Å². The molecule has 8 heteroatoms. The quantitative estimate of drug-likeness (QED) is 0.707. The molecule has 2 heterocycles. The van der Waals surface area contributed by atoms with E-state index in [0.717, 1.165) is 22.4 Å². The number of pyridine rings is 1. The number of carbonyl (C=O) groups excluding carboxylic acids is 2. The van der Waals surface area contributed by atoms with E-state index in [2.05, 4.69) is 21.7 Å². The number of ether oxygens (including phenoxy) is 1. The molecule has 3 rings (SSSR count). The van der Waals surface area contributed by atoms with E-state index < -0.39 is 6.09 Å². The summed E-state index contributed by atoms with van der Waals surface area (Å²) in [6, 6.07) is 5.84. The van der Waals surface area contributed by atoms with Gasteiger partial charge in [0.05, 0.1) is 5.56 Å². The molecule has 1 unspecified atom stereocenters. The Morgan fingerprint density at radius 3 is 3.07 bits per heavy atom. The zero-order valence-electron chi connectivity index (χ0n) is 16.1. The molecule has 2 aromatic heterocycles. The Morgan fingerprint density at radius 2 is 2.34 bits per heavy atom. The van der Waals surface area contributed by atoms with Crippen molar-refractivity contribution < 1.29 is 14.3 Å². The highest BCUT2D eigenvalue weighted by atomic mass is 32.1. The van der Waals surface area contributed by atoms with E-state index in [1.807, 2.05) is 13.0 Å². The van der Waals surface area contributed by atoms with Crippen molar-refractivity contribution in [2.24, 2.45) is 0 Å². The van der Waals surface area contributed by atoms with Crippen LogP contribution < -0.4 is 10.6 Å². The standard InChI is InChI=1S/C21H22N4O3S/c1-2-9-24-21(27)28-15-6-7-16-17(12-22)20(29-18(16)11-15)25-19(26)8-5-14-4-3-10-23-13-14/h3-5,8,10,13,15H,2,6-7,9,11H2,1H3,(H,24,27)(H,25,26)/b8-5+. The number of fused-ring (bicyclic) bond motifs is 1. The molecule has 1 atom stereocenters. The Bertz CT molecular complexity index is 947. The van der Waals surface area contributed by atoms with E-state index in [1.54, 1.807) is 24.5 Å². The van der Waals surface area contributed by atoms with E-state index in [4.69, 9.17) is 4.74 Å². The minimum Gasteiger partial charge on any atom is -0.446 e. The van der Waals surface area contributed by atoms with E-state index in [0.29, 0.717) is 36.4 Å². The van der Waals surface area contributed by atoms with Gasteiger partial charge < -0.3 is 15.4 Å². The van der Waals surface area contributed by atoms with Crippen LogP contribution in [0.1, 0.15) is 41.3 Å². The summed E-state index contributed by atoms with van der Waals surface area (Å²) < 4.78 is 5.47. The first-order chi connectivity index (χ1) is 14.1. The Balaban J connectivity index is 1.66. The molecule has 7 nitrogen and oxygen atoms in total. The maximum absolute atomic E-state index is 12.3. The number of anilines is 1. The van der Waals surface area contributed by atoms with Crippen molar-refractivity contribution in [2.75, 3.05) is 11.9 Å². The SMILES string of the molecule is CCCNC(=O)OC1CCc2c(sc(NC(=O)/C=C/c3cccnc3)c2C#N)C1. The van der Waals surface area contributed by atoms with Gasteiger partial charge in [-0.25, -0.2) is 4.79 Å². The van der Waals surface area contributed by atoms with E-state index in [1.165, 1.54) is 17.4 Å². The second-order valence-electron chi connectivity index (χ2n) is 6.63. The molecule has 1 aliphatic carbocycles. The fourth-order valence-corrected chi connectivity index (χ4v) is 4.35. The Labute approximate surface area is 173 Å². The molecule has 0 saturated heterocycles. The minimum atomic E-state index is -0.411. The molecule has 0 aromatic carbocycles. The van der Waals surface area contributed by atoms with Crippen LogP contribution in [0.3, 0.4) is 0 Å². The van der Waals surface area contributed by atoms with Crippen LogP contribution in [0, 0.1) is 11.3 Å². The van der Waals surface area contributed by atoms with Crippen molar-refractivity contribution in [2.45, 2.75) is 38.7 Å². The number of nitrogens with zero attached hydrogens (tertiary/aromatic N) is 2. The van der Waals surface area contributed by atoms with Gasteiger partial charge in [-0.15, -0.1) is 11.3 Å². The Hall–Kier alpha value is -3.18. The zero-order chi connectivity index (χ0) is 20.6. The van der Waals surface area contributed by atoms with Gasteiger partial charge in [0.2, 0.25) is 5.91 Å². The number of amides is 2. The van der Waals surface area contributed by atoms with Crippen molar-refractivity contribution in [1.82, 2.24) is 10.3 Å². The summed E-state index contributed by atoms with van der Waals surface area (Å²) >= 11 is 1.37. The fourth-order valence-electron chi connectivity index (χ4n) is 3.08. The molecule has 0 saturated carbocycles. The molecule has 2 amide bonds. The number of alkyl carbamates (subject to hydrolysis) is 1. The Morgan fingerprint density at radius 1 is 1.48 bits per heavy atom. The number of aromatic nitrogens is 1. The maximum Gasteiger partial charge on any atom is 0.407 e. The first-order valence-electron chi connectivity index (χ1n) is 9.49. The molecule has 0 spiro atoms. The number of rotatable bonds is 6. The molecule has 1 aliphatic rings. The topological polar surface area (TPSA) is 104 Å². The van der Waals surface area contributed by atoms with Gasteiger partial charge in [-0.05, 0) is 42.5 Å². The lowest BCUT2D eigenvalue weighted by Gasteiger charge is -2.22. The van der Waals surface area contributed by atoms with Gasteiger partial charge in [0.25, 0.3) is 0 Å². The van der Waals surface area contributed by atoms with Gasteiger partial charge in [-0.3, -0.25) is 9.78 Å². The molecule has 150 valence electrons. The van der Waals surface area contributed by atoms with Crippen molar-refractivity contribution in [1.29, 1.82) is 5.26 Å². The highest BCUT2D eigenvalue weighted by Crippen LogP contribution is 2.38. The van der Waals surface area contributed by atoms with Crippen molar-refractivity contribution >= 4 is 34.4 Å². The average Bonchev–Trinajstić information content (AvgIpc) is 3.07. The molecule has 0 aliphatic heterocycles. The second kappa shape index (κ2) is 9.85. The van der Waals surface area contributed by atoms with Crippen LogP contribution in [-0.2, 0) is 22.4 Å². The molecule has 29 heavy (non-hydrogen) atoms. The van der Waals surface area contributed by atoms with Crippen LogP contribution in [0.5, 0.6) is 0 Å². The van der Waals surface area contributed by atoms with Crippen LogP contribution in [0.25, 0.3) is 6.08 Å². The van der Waals surface area contributed by atoms with Crippen LogP contribution in [0.4, 0.5) is 9.80 Å². The van der Waals surface area contributed by atoms with Crippen molar-refractivity contribution in [3.63, 3.8) is 0 Å². The molecule has 0 radical (unpaired) electrons. The summed E-state index contributed by atoms with van der Waals surface area (Å²) in [4.78, 5) is 29.0. The van der Waals surface area contributed by atoms with E-state index in [9.17, 15) is 14.9 Å². The fraction of sp³-hybridized carbons (Fsp3) is 0.333. The van der Waals surface area contributed by atoms with Gasteiger partial charge in [0, 0.05) is 36.3 Å². The number of nitriles is 1. The molecule has 0 bridgehead atoms. The van der Waals surface area contributed by atoms with Gasteiger partial charge in [0.1, 0.15) is 17.2 Å². The minimum absolute atomic E-state index is 0.224. The van der Waals surface area contributed by atoms with Gasteiger partial charge in [-0.2, -0.15) is 5.26 Å². The highest BCUT2D eigenvalue weighted by molar-refractivity contribution is 7.16. The first-order valence-corrected chi connectivity index (χ1v) is 10.3. The molecular weight excluding hydrogens is 388 g/mol. The first kappa shape index (κ1) is 20.6. The molecular formula is C21H22N4O3S. The third-order valence-electron chi connectivity index (χ3n) is 4.47. The largest absolute Gasteiger partial charge is 0.446 e. The predicted molar refractivity (Wildman–Crippen MR) is 112 cm³/mol. The van der Waals surface area contributed by atoms with Crippen LogP contribution in [0.15, 0.2) is 30.6 Å². The summed E-state index contributed by atoms with van der Waals surface area (Å²) in [5.41, 5.74) is 2.26. The number of hydrogen-bond acceptors (Lipinski definition) is 6. The van der Waals surface area contributed by atoms with E-state index >= 15 is 0 Å². The smallest absolute Gasteiger partial charge is 0.407 e. The second-order valence-corrected chi connectivity index (χ2v) is 7.73. The summed E-state index contributed by atoms with van der Waals surface area (Å²) in [7, 11) is 0. The van der Waals surface area contributed by atoms with Gasteiger partial charge in [-0.1, -0.05) is 13.0 Å². The summed E-state index contributed by atoms with van der Waals surface area (Å²) in [5, 5.41) is 15.6. The normalized spacial score (nSPS) is 15.4. The lowest BCUT2D eigenvalue weighted by Crippen LogP contribution is -2.32. The predicted octanol–water partition coefficient (Wildman–Crippen LogP) is 3.66. The van der Waals surface area contributed by atoms with Gasteiger partial charge >= 0.3 is 6.09 Å². The maximum atomic E-state index is 12.3. The third kappa shape index (κ3) is 5.42. The van der Waals surface area contributed by atoms with Crippen LogP contribution >= 0.6 is 11.3 Å². The van der Waals surface area contributed by atoms with Gasteiger partial charge in [0.15, 0.2) is 0 Å². The molecule has 2 aromatic rings. The lowest BCUT2D eigenvalue weighted by molar-refractivity contribution is -0.111. The lowest BCUT2D eigenvalue weighted by atomic mass is 9.94. The van der Waals surface area contributed by atoms with Crippen LogP contribution in [0.2, 0.25) is 0 Å². The summed E-state index contributed by atoms with van der Waals surface area (Å²) in [6.07, 6.45) is 8.47. The van der Waals surface area contributed by atoms with Crippen LogP contribution in [-0.4, -0.2) is 29.6 Å². The number of carbonyl (C=O) groups is 2. The summed E-state index contributed by atoms with van der Waals surface area (Å²) in [5.74, 6) is -0.310. The highest BCUT2D eigenvalue weighted by Gasteiger charge is 2.28. The molecule has 0 fully saturated rings. The summed E-state index contributed by atoms with van der Waals surface area (Å²) in [6.45, 7) is 2.56. The third-order valence-corrected chi connectivity index (χ3v) is 5.64. The number of nitrogens with one attached hydrogen (secondary N) is 2. The molecule has 2 N–H and O–H groups in total. The number of hydrogen-bond donors (Lipinski definition) is 2.